The van der Waals surface area contributed by atoms with Crippen LogP contribution in [-0.2, 0) is 9.53 Å². The predicted molar refractivity (Wildman–Crippen MR) is 73.0 cm³/mol. The second kappa shape index (κ2) is 6.68. The molecule has 2 rings (SSSR count). The van der Waals surface area contributed by atoms with Gasteiger partial charge in [-0.25, -0.2) is 0 Å². The van der Waals surface area contributed by atoms with Crippen LogP contribution >= 0.6 is 0 Å². The van der Waals surface area contributed by atoms with E-state index in [-0.39, 0.29) is 12.5 Å². The van der Waals surface area contributed by atoms with E-state index >= 15 is 0 Å². The van der Waals surface area contributed by atoms with Gasteiger partial charge >= 0.3 is 5.97 Å². The molecule has 0 aromatic heterocycles. The summed E-state index contributed by atoms with van der Waals surface area (Å²) in [7, 11) is 0. The summed E-state index contributed by atoms with van der Waals surface area (Å²) >= 11 is 0. The van der Waals surface area contributed by atoms with Gasteiger partial charge in [0.05, 0.1) is 0 Å². The highest BCUT2D eigenvalue weighted by atomic mass is 16.5. The number of carbonyl (C=O) groups is 1. The molecular weight excluding hydrogens is 242 g/mol. The summed E-state index contributed by atoms with van der Waals surface area (Å²) in [5, 5.41) is 8.76. The van der Waals surface area contributed by atoms with E-state index < -0.39 is 5.97 Å². The van der Waals surface area contributed by atoms with Crippen LogP contribution in [0, 0.1) is 0 Å². The number of carboxylic acids is 1. The molecule has 0 radical (unpaired) electrons. The van der Waals surface area contributed by atoms with E-state index in [1.165, 1.54) is 5.56 Å². The number of nitrogens with two attached hydrogens (primary N) is 1. The van der Waals surface area contributed by atoms with Crippen molar-refractivity contribution < 1.29 is 14.6 Å². The zero-order valence-electron chi connectivity index (χ0n) is 11.0. The smallest absolute Gasteiger partial charge is 0.303 e. The van der Waals surface area contributed by atoms with Crippen LogP contribution in [0.3, 0.4) is 0 Å². The second-order valence-electron chi connectivity index (χ2n) is 5.05. The first-order chi connectivity index (χ1) is 9.18. The molecule has 1 unspecified atom stereocenters. The lowest BCUT2D eigenvalue weighted by Gasteiger charge is -2.26. The molecule has 0 aliphatic carbocycles. The molecule has 1 heterocycles. The van der Waals surface area contributed by atoms with Crippen molar-refractivity contribution in [1.29, 1.82) is 0 Å². The summed E-state index contributed by atoms with van der Waals surface area (Å²) in [5.74, 6) is -0.306. The van der Waals surface area contributed by atoms with E-state index in [4.69, 9.17) is 15.6 Å². The zero-order chi connectivity index (χ0) is 13.7. The molecule has 0 saturated carbocycles. The Morgan fingerprint density at radius 3 is 2.74 bits per heavy atom. The Morgan fingerprint density at radius 1 is 1.37 bits per heavy atom. The highest BCUT2D eigenvalue weighted by molar-refractivity contribution is 5.66. The van der Waals surface area contributed by atoms with E-state index in [0.29, 0.717) is 12.3 Å². The van der Waals surface area contributed by atoms with Crippen molar-refractivity contribution in [3.63, 3.8) is 0 Å². The molecule has 0 bridgehead atoms. The molecule has 4 heteroatoms. The third kappa shape index (κ3) is 3.78. The predicted octanol–water partition coefficient (Wildman–Crippen LogP) is 2.45. The van der Waals surface area contributed by atoms with Gasteiger partial charge in [-0.15, -0.1) is 0 Å². The molecule has 4 nitrogen and oxygen atoms in total. The fraction of sp³-hybridized carbons (Fsp3) is 0.533. The number of aliphatic carboxylic acids is 1. The van der Waals surface area contributed by atoms with Crippen LogP contribution in [0.25, 0.3) is 0 Å². The zero-order valence-corrected chi connectivity index (χ0v) is 11.0. The van der Waals surface area contributed by atoms with Crippen molar-refractivity contribution in [2.75, 3.05) is 13.2 Å². The summed E-state index contributed by atoms with van der Waals surface area (Å²) in [6.45, 7) is 1.59. The van der Waals surface area contributed by atoms with E-state index in [1.54, 1.807) is 0 Å². The molecule has 1 fully saturated rings. The van der Waals surface area contributed by atoms with Crippen LogP contribution in [-0.4, -0.2) is 24.3 Å². The average molecular weight is 263 g/mol. The van der Waals surface area contributed by atoms with Crippen molar-refractivity contribution in [3.05, 3.63) is 35.4 Å². The standard InChI is InChI=1S/C15H21NO3/c16-14(5-6-15(17)18)13-4-2-1-3-12(13)11-7-9-19-10-8-11/h1-4,11,14H,5-10,16H2,(H,17,18). The van der Waals surface area contributed by atoms with Gasteiger partial charge < -0.3 is 15.6 Å². The summed E-state index contributed by atoms with van der Waals surface area (Å²) in [6.07, 6.45) is 2.63. The topological polar surface area (TPSA) is 72.6 Å². The lowest BCUT2D eigenvalue weighted by Crippen LogP contribution is -2.19. The monoisotopic (exact) mass is 263 g/mol. The van der Waals surface area contributed by atoms with Gasteiger partial charge in [-0.1, -0.05) is 24.3 Å². The number of benzene rings is 1. The molecular formula is C15H21NO3. The Morgan fingerprint density at radius 2 is 2.05 bits per heavy atom. The van der Waals surface area contributed by atoms with E-state index in [9.17, 15) is 4.79 Å². The lowest BCUT2D eigenvalue weighted by atomic mass is 9.85. The third-order valence-electron chi connectivity index (χ3n) is 3.73. The first-order valence-electron chi connectivity index (χ1n) is 6.82. The molecule has 0 amide bonds. The Kier molecular flexibility index (Phi) is 4.93. The van der Waals surface area contributed by atoms with Gasteiger partial charge in [0.25, 0.3) is 0 Å². The van der Waals surface area contributed by atoms with Gasteiger partial charge in [-0.3, -0.25) is 4.79 Å². The molecule has 1 aromatic carbocycles. The van der Waals surface area contributed by atoms with Crippen molar-refractivity contribution in [1.82, 2.24) is 0 Å². The maximum atomic E-state index is 10.6. The molecule has 104 valence electrons. The number of ether oxygens (including phenoxy) is 1. The first kappa shape index (κ1) is 14.0. The van der Waals surface area contributed by atoms with E-state index in [1.807, 2.05) is 18.2 Å². The van der Waals surface area contributed by atoms with Gasteiger partial charge in [0.15, 0.2) is 0 Å². The molecule has 19 heavy (non-hydrogen) atoms. The Labute approximate surface area is 113 Å². The van der Waals surface area contributed by atoms with Crippen LogP contribution in [0.15, 0.2) is 24.3 Å². The van der Waals surface area contributed by atoms with Gasteiger partial charge in [-0.2, -0.15) is 0 Å². The number of hydrogen-bond acceptors (Lipinski definition) is 3. The third-order valence-corrected chi connectivity index (χ3v) is 3.73. The SMILES string of the molecule is NC(CCC(=O)O)c1ccccc1C1CCOCC1. The van der Waals surface area contributed by atoms with Crippen LogP contribution in [0.1, 0.15) is 48.8 Å². The molecule has 3 N–H and O–H groups in total. The largest absolute Gasteiger partial charge is 0.481 e. The minimum absolute atomic E-state index is 0.114. The maximum Gasteiger partial charge on any atom is 0.303 e. The number of hydrogen-bond donors (Lipinski definition) is 2. The maximum absolute atomic E-state index is 10.6. The summed E-state index contributed by atoms with van der Waals surface area (Å²) in [4.78, 5) is 10.6. The molecule has 1 saturated heterocycles. The Bertz CT molecular complexity index is 427. The minimum Gasteiger partial charge on any atom is -0.481 e. The van der Waals surface area contributed by atoms with Gasteiger partial charge in [0.1, 0.15) is 0 Å². The number of carboxylic acid groups (broad SMARTS) is 1. The van der Waals surface area contributed by atoms with Crippen LogP contribution in [0.5, 0.6) is 0 Å². The average Bonchev–Trinajstić information content (AvgIpc) is 2.45. The van der Waals surface area contributed by atoms with Crippen molar-refractivity contribution in [2.24, 2.45) is 5.73 Å². The lowest BCUT2D eigenvalue weighted by molar-refractivity contribution is -0.137. The Hall–Kier alpha value is -1.39. The Balaban J connectivity index is 2.12. The molecule has 1 aromatic rings. The first-order valence-corrected chi connectivity index (χ1v) is 6.82. The minimum atomic E-state index is -0.793. The summed E-state index contributed by atoms with van der Waals surface area (Å²) in [5.41, 5.74) is 8.52. The molecule has 1 aliphatic rings. The van der Waals surface area contributed by atoms with Crippen LogP contribution in [0.4, 0.5) is 0 Å². The van der Waals surface area contributed by atoms with Gasteiger partial charge in [0.2, 0.25) is 0 Å². The van der Waals surface area contributed by atoms with Crippen molar-refractivity contribution in [2.45, 2.75) is 37.6 Å². The van der Waals surface area contributed by atoms with E-state index in [0.717, 1.165) is 31.6 Å². The highest BCUT2D eigenvalue weighted by Gasteiger charge is 2.21. The van der Waals surface area contributed by atoms with Crippen molar-refractivity contribution >= 4 is 5.97 Å². The molecule has 1 aliphatic heterocycles. The normalized spacial score (nSPS) is 18.2. The molecule has 0 spiro atoms. The van der Waals surface area contributed by atoms with Crippen LogP contribution in [0.2, 0.25) is 0 Å². The highest BCUT2D eigenvalue weighted by Crippen LogP contribution is 2.32. The number of rotatable bonds is 5. The second-order valence-corrected chi connectivity index (χ2v) is 5.05. The quantitative estimate of drug-likeness (QED) is 0.855. The fourth-order valence-electron chi connectivity index (χ4n) is 2.66. The fourth-order valence-corrected chi connectivity index (χ4v) is 2.66. The summed E-state index contributed by atoms with van der Waals surface area (Å²) in [6, 6.07) is 7.94. The van der Waals surface area contributed by atoms with Crippen LogP contribution < -0.4 is 5.73 Å². The van der Waals surface area contributed by atoms with E-state index in [2.05, 4.69) is 6.07 Å². The van der Waals surface area contributed by atoms with Crippen molar-refractivity contribution in [3.8, 4) is 0 Å². The van der Waals surface area contributed by atoms with Gasteiger partial charge in [-0.05, 0) is 36.3 Å². The van der Waals surface area contributed by atoms with Gasteiger partial charge in [0, 0.05) is 25.7 Å². The molecule has 1 atom stereocenters. The summed E-state index contributed by atoms with van der Waals surface area (Å²) < 4.78 is 5.39.